The molecule has 1 saturated carbocycles. The number of ketones is 2. The van der Waals surface area contributed by atoms with Gasteiger partial charge in [-0.05, 0) is 90.2 Å². The lowest BCUT2D eigenvalue weighted by atomic mass is 9.80. The number of ether oxygens (including phenoxy) is 4. The highest BCUT2D eigenvalue weighted by Crippen LogP contribution is 2.48. The minimum atomic E-state index is -1.01. The number of allylic oxidation sites excluding steroid dienone is 2. The lowest BCUT2D eigenvalue weighted by molar-refractivity contribution is 0.0181. The molecule has 8 heteroatoms. The Morgan fingerprint density at radius 3 is 1.90 bits per heavy atom. The van der Waals surface area contributed by atoms with Crippen LogP contribution in [0.25, 0.3) is 0 Å². The van der Waals surface area contributed by atoms with Gasteiger partial charge in [0, 0.05) is 11.1 Å². The molecule has 2 bridgehead atoms. The van der Waals surface area contributed by atoms with Gasteiger partial charge in [0.15, 0.2) is 11.6 Å². The molecule has 2 aromatic carbocycles. The van der Waals surface area contributed by atoms with E-state index in [1.807, 2.05) is 0 Å². The lowest BCUT2D eigenvalue weighted by Crippen LogP contribution is -2.30. The number of carbonyl (C=O) groups is 4. The summed E-state index contributed by atoms with van der Waals surface area (Å²) in [6.45, 7) is 10.2. The molecular weight excluding hydrogens is 512 g/mol. The largest absolute Gasteiger partial charge is 0.514 e. The molecule has 0 aliphatic heterocycles. The van der Waals surface area contributed by atoms with E-state index in [0.29, 0.717) is 23.8 Å². The van der Waals surface area contributed by atoms with E-state index >= 15 is 0 Å². The Bertz CT molecular complexity index is 1440. The predicted octanol–water partition coefficient (Wildman–Crippen LogP) is 6.84. The van der Waals surface area contributed by atoms with E-state index in [1.54, 1.807) is 65.8 Å². The summed E-state index contributed by atoms with van der Waals surface area (Å²) in [7, 11) is 0. The van der Waals surface area contributed by atoms with Crippen LogP contribution in [0.5, 0.6) is 11.5 Å². The Kier molecular flexibility index (Phi) is 6.84. The minimum absolute atomic E-state index is 0.0413. The van der Waals surface area contributed by atoms with Gasteiger partial charge in [-0.1, -0.05) is 36.4 Å². The van der Waals surface area contributed by atoms with Crippen LogP contribution in [-0.4, -0.2) is 35.1 Å². The maximum Gasteiger partial charge on any atom is 0.514 e. The van der Waals surface area contributed by atoms with Crippen molar-refractivity contribution in [2.24, 2.45) is 17.8 Å². The van der Waals surface area contributed by atoms with Crippen molar-refractivity contribution in [1.29, 1.82) is 0 Å². The van der Waals surface area contributed by atoms with Crippen molar-refractivity contribution in [1.82, 2.24) is 0 Å². The van der Waals surface area contributed by atoms with Crippen LogP contribution >= 0.6 is 0 Å². The maximum absolute atomic E-state index is 14.0. The second kappa shape index (κ2) is 9.91. The van der Waals surface area contributed by atoms with Crippen LogP contribution in [0.15, 0.2) is 42.5 Å². The molecule has 0 saturated heterocycles. The summed E-state index contributed by atoms with van der Waals surface area (Å²) in [6.07, 6.45) is 4.86. The summed E-state index contributed by atoms with van der Waals surface area (Å²) < 4.78 is 22.1. The van der Waals surface area contributed by atoms with Gasteiger partial charge in [0.25, 0.3) is 0 Å². The number of carbonyl (C=O) groups excluding carboxylic acids is 4. The summed E-state index contributed by atoms with van der Waals surface area (Å²) in [5, 5.41) is 0. The lowest BCUT2D eigenvalue weighted by Gasteiger charge is -2.27. The number of fused-ring (bicyclic) bond motifs is 4. The van der Waals surface area contributed by atoms with Crippen molar-refractivity contribution in [2.45, 2.75) is 72.0 Å². The Morgan fingerprint density at radius 1 is 0.800 bits per heavy atom. The SMILES string of the molecule is CC(C)(C)OC(=O)Oc1cc(CC2CC3C=CC2C3)c(OC(=O)OC(C)(C)C)c2c1C(=O)c1ccccc1C2=O. The molecule has 2 aromatic rings. The Morgan fingerprint density at radius 2 is 1.38 bits per heavy atom. The zero-order valence-corrected chi connectivity index (χ0v) is 23.7. The summed E-state index contributed by atoms with van der Waals surface area (Å²) in [4.78, 5) is 53.5. The van der Waals surface area contributed by atoms with E-state index in [0.717, 1.165) is 12.8 Å². The first-order valence-corrected chi connectivity index (χ1v) is 13.6. The van der Waals surface area contributed by atoms with E-state index in [-0.39, 0.29) is 39.7 Å². The molecule has 0 heterocycles. The normalized spacial score (nSPS) is 21.1. The van der Waals surface area contributed by atoms with Crippen molar-refractivity contribution in [3.8, 4) is 11.5 Å². The first-order chi connectivity index (χ1) is 18.7. The van der Waals surface area contributed by atoms with E-state index < -0.39 is 35.1 Å². The van der Waals surface area contributed by atoms with Crippen molar-refractivity contribution in [3.63, 3.8) is 0 Å². The average molecular weight is 547 g/mol. The van der Waals surface area contributed by atoms with Crippen molar-refractivity contribution >= 4 is 23.9 Å². The third-order valence-corrected chi connectivity index (χ3v) is 7.25. The van der Waals surface area contributed by atoms with Gasteiger partial charge in [-0.2, -0.15) is 0 Å². The van der Waals surface area contributed by atoms with Crippen LogP contribution in [-0.2, 0) is 15.9 Å². The molecule has 5 rings (SSSR count). The molecule has 0 aromatic heterocycles. The summed E-state index contributed by atoms with van der Waals surface area (Å²) >= 11 is 0. The van der Waals surface area contributed by atoms with Gasteiger partial charge in [-0.25, -0.2) is 9.59 Å². The van der Waals surface area contributed by atoms with Crippen LogP contribution < -0.4 is 9.47 Å². The van der Waals surface area contributed by atoms with Gasteiger partial charge in [0.2, 0.25) is 0 Å². The smallest absolute Gasteiger partial charge is 0.428 e. The zero-order valence-electron chi connectivity index (χ0n) is 23.7. The molecule has 3 unspecified atom stereocenters. The summed E-state index contributed by atoms with van der Waals surface area (Å²) in [5.41, 5.74) is -1.13. The zero-order chi connectivity index (χ0) is 29.0. The predicted molar refractivity (Wildman–Crippen MR) is 146 cm³/mol. The monoisotopic (exact) mass is 546 g/mol. The first-order valence-electron chi connectivity index (χ1n) is 13.6. The first kappa shape index (κ1) is 27.6. The van der Waals surface area contributed by atoms with Crippen molar-refractivity contribution in [2.75, 3.05) is 0 Å². The molecule has 40 heavy (non-hydrogen) atoms. The van der Waals surface area contributed by atoms with Crippen LogP contribution in [0.1, 0.15) is 91.8 Å². The van der Waals surface area contributed by atoms with E-state index in [9.17, 15) is 19.2 Å². The molecule has 8 nitrogen and oxygen atoms in total. The molecule has 3 atom stereocenters. The highest BCUT2D eigenvalue weighted by Gasteiger charge is 2.41. The number of benzene rings is 2. The molecule has 3 aliphatic rings. The molecule has 3 aliphatic carbocycles. The van der Waals surface area contributed by atoms with Crippen LogP contribution in [0.4, 0.5) is 9.59 Å². The summed E-state index contributed by atoms with van der Waals surface area (Å²) in [6, 6.07) is 7.93. The number of hydrogen-bond donors (Lipinski definition) is 0. The standard InChI is InChI=1S/C32H34O8/c1-31(2,3)39-29(35)37-23-16-20(15-19-14-17-11-12-18(19)13-17)28(38-30(36)40-32(4,5)6)25-24(23)26(33)21-9-7-8-10-22(21)27(25)34/h7-12,16-19H,13-15H2,1-6H3. The number of hydrogen-bond acceptors (Lipinski definition) is 8. The van der Waals surface area contributed by atoms with Crippen molar-refractivity contribution < 1.29 is 38.1 Å². The van der Waals surface area contributed by atoms with Gasteiger partial charge >= 0.3 is 12.3 Å². The maximum atomic E-state index is 14.0. The van der Waals surface area contributed by atoms with Crippen molar-refractivity contribution in [3.05, 3.63) is 70.3 Å². The second-order valence-electron chi connectivity index (χ2n) is 12.7. The fourth-order valence-corrected chi connectivity index (χ4v) is 5.76. The molecule has 0 N–H and O–H groups in total. The Labute approximate surface area is 233 Å². The van der Waals surface area contributed by atoms with E-state index in [1.165, 1.54) is 6.07 Å². The highest BCUT2D eigenvalue weighted by molar-refractivity contribution is 6.30. The fourth-order valence-electron chi connectivity index (χ4n) is 5.76. The Balaban J connectivity index is 1.67. The van der Waals surface area contributed by atoms with Gasteiger partial charge in [0.1, 0.15) is 22.7 Å². The van der Waals surface area contributed by atoms with Gasteiger partial charge in [-0.3, -0.25) is 9.59 Å². The topological polar surface area (TPSA) is 105 Å². The molecule has 0 spiro atoms. The van der Waals surface area contributed by atoms with Crippen LogP contribution in [0.2, 0.25) is 0 Å². The van der Waals surface area contributed by atoms with Gasteiger partial charge in [-0.15, -0.1) is 0 Å². The van der Waals surface area contributed by atoms with E-state index in [2.05, 4.69) is 12.2 Å². The molecule has 210 valence electrons. The quantitative estimate of drug-likeness (QED) is 0.199. The fraction of sp³-hybridized carbons (Fsp3) is 0.438. The van der Waals surface area contributed by atoms with Gasteiger partial charge < -0.3 is 18.9 Å². The van der Waals surface area contributed by atoms with Gasteiger partial charge in [0.05, 0.1) is 11.1 Å². The number of rotatable bonds is 4. The second-order valence-corrected chi connectivity index (χ2v) is 12.7. The molecule has 0 radical (unpaired) electrons. The molecule has 0 amide bonds. The summed E-state index contributed by atoms with van der Waals surface area (Å²) in [5.74, 6) is -0.119. The molecule has 1 fully saturated rings. The van der Waals surface area contributed by atoms with Crippen LogP contribution in [0.3, 0.4) is 0 Å². The third kappa shape index (κ3) is 5.53. The van der Waals surface area contributed by atoms with E-state index in [4.69, 9.17) is 18.9 Å². The third-order valence-electron chi connectivity index (χ3n) is 7.25. The molecular formula is C32H34O8. The average Bonchev–Trinajstić information content (AvgIpc) is 3.45. The highest BCUT2D eigenvalue weighted by atomic mass is 16.7. The Hall–Kier alpha value is -3.94. The van der Waals surface area contributed by atoms with Crippen LogP contribution in [0, 0.1) is 17.8 Å². The minimum Gasteiger partial charge on any atom is -0.428 e.